The fraction of sp³-hybridized carbons (Fsp3) is 0.200. The van der Waals surface area contributed by atoms with E-state index in [9.17, 15) is 30.3 Å². The molecule has 0 amide bonds. The summed E-state index contributed by atoms with van der Waals surface area (Å²) < 4.78 is 4.04. The van der Waals surface area contributed by atoms with Crippen molar-refractivity contribution in [2.45, 2.75) is 5.66 Å². The van der Waals surface area contributed by atoms with Crippen LogP contribution in [0, 0.1) is 30.3 Å². The Bertz CT molecular complexity index is 646. The van der Waals surface area contributed by atoms with Crippen LogP contribution in [0.1, 0.15) is 5.69 Å². The van der Waals surface area contributed by atoms with Crippen LogP contribution >= 0.6 is 0 Å². The van der Waals surface area contributed by atoms with Crippen LogP contribution in [0.3, 0.4) is 0 Å². The SMILES string of the molecule is O=[N+]([O-])C1=CC(c2nonc2[N+](=O)[O-])([N+](=O)[O-])N=N1. The minimum absolute atomic E-state index is 0.416. The molecule has 98 valence electrons. The Morgan fingerprint density at radius 2 is 1.79 bits per heavy atom. The number of nitrogens with zero attached hydrogens (tertiary/aromatic N) is 7. The molecular weight excluding hydrogens is 270 g/mol. The van der Waals surface area contributed by atoms with E-state index in [-0.39, 0.29) is 0 Å². The maximum absolute atomic E-state index is 11.0. The van der Waals surface area contributed by atoms with E-state index in [1.165, 1.54) is 0 Å². The Labute approximate surface area is 100 Å². The molecule has 19 heavy (non-hydrogen) atoms. The first-order valence-corrected chi connectivity index (χ1v) is 4.30. The van der Waals surface area contributed by atoms with Gasteiger partial charge in [-0.1, -0.05) is 0 Å². The topological polar surface area (TPSA) is 193 Å². The fourth-order valence-electron chi connectivity index (χ4n) is 1.28. The van der Waals surface area contributed by atoms with Crippen LogP contribution in [-0.4, -0.2) is 25.1 Å². The van der Waals surface area contributed by atoms with Crippen molar-refractivity contribution in [2.75, 3.05) is 0 Å². The molecule has 0 saturated heterocycles. The Morgan fingerprint density at radius 1 is 1.11 bits per heavy atom. The van der Waals surface area contributed by atoms with E-state index in [0.29, 0.717) is 6.08 Å². The molecular formula is C5HN7O7. The van der Waals surface area contributed by atoms with Gasteiger partial charge in [0.25, 0.3) is 5.69 Å². The van der Waals surface area contributed by atoms with Crippen molar-refractivity contribution in [2.24, 2.45) is 10.2 Å². The van der Waals surface area contributed by atoms with Gasteiger partial charge >= 0.3 is 17.3 Å². The molecule has 1 aromatic rings. The van der Waals surface area contributed by atoms with Gasteiger partial charge in [-0.25, -0.2) is 0 Å². The number of azo groups is 1. The lowest BCUT2D eigenvalue weighted by Gasteiger charge is -2.05. The summed E-state index contributed by atoms with van der Waals surface area (Å²) in [5, 5.41) is 44.0. The van der Waals surface area contributed by atoms with Crippen molar-refractivity contribution in [3.8, 4) is 0 Å². The second kappa shape index (κ2) is 3.86. The van der Waals surface area contributed by atoms with Gasteiger partial charge in [-0.05, 0) is 15.0 Å². The predicted molar refractivity (Wildman–Crippen MR) is 49.6 cm³/mol. The summed E-state index contributed by atoms with van der Waals surface area (Å²) in [5.74, 6) is -2.01. The van der Waals surface area contributed by atoms with Crippen molar-refractivity contribution in [1.29, 1.82) is 0 Å². The lowest BCUT2D eigenvalue weighted by atomic mass is 10.1. The van der Waals surface area contributed by atoms with Crippen molar-refractivity contribution in [1.82, 2.24) is 10.3 Å². The van der Waals surface area contributed by atoms with Crippen LogP contribution in [0.2, 0.25) is 0 Å². The van der Waals surface area contributed by atoms with Crippen LogP contribution < -0.4 is 0 Å². The van der Waals surface area contributed by atoms with Gasteiger partial charge in [0.05, 0.1) is 10.0 Å². The summed E-state index contributed by atoms with van der Waals surface area (Å²) in [5.41, 5.74) is -3.59. The van der Waals surface area contributed by atoms with Gasteiger partial charge in [0.15, 0.2) is 5.16 Å². The number of hydrogen-bond acceptors (Lipinski definition) is 11. The second-order valence-electron chi connectivity index (χ2n) is 3.14. The summed E-state index contributed by atoms with van der Waals surface area (Å²) in [4.78, 5) is 28.8. The maximum Gasteiger partial charge on any atom is 0.448 e. The van der Waals surface area contributed by atoms with Crippen LogP contribution in [0.15, 0.2) is 26.8 Å². The molecule has 1 unspecified atom stereocenters. The van der Waals surface area contributed by atoms with E-state index in [4.69, 9.17) is 0 Å². The van der Waals surface area contributed by atoms with Crippen molar-refractivity contribution < 1.29 is 19.4 Å². The first-order chi connectivity index (χ1) is 8.88. The van der Waals surface area contributed by atoms with Gasteiger partial charge in [-0.15, -0.1) is 4.63 Å². The molecule has 0 bridgehead atoms. The molecule has 1 aromatic heterocycles. The third-order valence-corrected chi connectivity index (χ3v) is 2.09. The molecule has 1 aliphatic heterocycles. The smallest absolute Gasteiger partial charge is 0.358 e. The minimum atomic E-state index is -2.69. The van der Waals surface area contributed by atoms with Gasteiger partial charge in [0, 0.05) is 5.11 Å². The Balaban J connectivity index is 2.64. The fourth-order valence-corrected chi connectivity index (χ4v) is 1.28. The van der Waals surface area contributed by atoms with E-state index in [1.54, 1.807) is 0 Å². The van der Waals surface area contributed by atoms with Gasteiger partial charge < -0.3 is 20.2 Å². The van der Waals surface area contributed by atoms with Gasteiger partial charge in [-0.2, -0.15) is 0 Å². The standard InChI is InChI=1S/C5HN7O7/c13-10(14)2-1-5(9-6-2,12(17)18)3-4(11(15)16)8-19-7-3/h1H. The van der Waals surface area contributed by atoms with E-state index in [0.717, 1.165) is 0 Å². The zero-order valence-corrected chi connectivity index (χ0v) is 8.57. The zero-order valence-electron chi connectivity index (χ0n) is 8.57. The van der Waals surface area contributed by atoms with E-state index in [1.807, 2.05) is 0 Å². The van der Waals surface area contributed by atoms with Crippen molar-refractivity contribution >= 4 is 5.82 Å². The number of aromatic nitrogens is 2. The Kier molecular flexibility index (Phi) is 2.47. The first-order valence-electron chi connectivity index (χ1n) is 4.30. The Morgan fingerprint density at radius 3 is 2.26 bits per heavy atom. The molecule has 0 aromatic carbocycles. The van der Waals surface area contributed by atoms with Crippen LogP contribution in [0.25, 0.3) is 0 Å². The van der Waals surface area contributed by atoms with Crippen molar-refractivity contribution in [3.05, 3.63) is 47.9 Å². The summed E-state index contributed by atoms with van der Waals surface area (Å²) in [7, 11) is 0. The molecule has 0 radical (unpaired) electrons. The molecule has 0 aliphatic carbocycles. The molecule has 0 spiro atoms. The van der Waals surface area contributed by atoms with Gasteiger partial charge in [0.2, 0.25) is 0 Å². The van der Waals surface area contributed by atoms with E-state index in [2.05, 4.69) is 25.2 Å². The highest BCUT2D eigenvalue weighted by atomic mass is 16.7. The normalized spacial score (nSPS) is 21.2. The Hall–Kier alpha value is -3.32. The highest BCUT2D eigenvalue weighted by Crippen LogP contribution is 2.37. The minimum Gasteiger partial charge on any atom is -0.358 e. The predicted octanol–water partition coefficient (Wildman–Crippen LogP) is -0.00880. The summed E-state index contributed by atoms with van der Waals surface area (Å²) in [6, 6.07) is 0. The highest BCUT2D eigenvalue weighted by molar-refractivity contribution is 5.33. The van der Waals surface area contributed by atoms with Gasteiger partial charge in [0.1, 0.15) is 6.08 Å². The second-order valence-corrected chi connectivity index (χ2v) is 3.14. The van der Waals surface area contributed by atoms with Crippen LogP contribution in [0.4, 0.5) is 5.82 Å². The quantitative estimate of drug-likeness (QED) is 0.534. The highest BCUT2D eigenvalue weighted by Gasteiger charge is 2.60. The summed E-state index contributed by atoms with van der Waals surface area (Å²) >= 11 is 0. The average molecular weight is 271 g/mol. The third kappa shape index (κ3) is 1.66. The molecule has 0 fully saturated rings. The largest absolute Gasteiger partial charge is 0.448 e. The molecule has 0 saturated carbocycles. The van der Waals surface area contributed by atoms with E-state index < -0.39 is 37.8 Å². The average Bonchev–Trinajstić information content (AvgIpc) is 2.96. The zero-order chi connectivity index (χ0) is 14.2. The van der Waals surface area contributed by atoms with E-state index >= 15 is 0 Å². The molecule has 14 heteroatoms. The maximum atomic E-state index is 11.0. The molecule has 2 heterocycles. The number of hydrogen-bond donors (Lipinski definition) is 0. The van der Waals surface area contributed by atoms with Crippen molar-refractivity contribution in [3.63, 3.8) is 0 Å². The lowest BCUT2D eigenvalue weighted by molar-refractivity contribution is -0.565. The summed E-state index contributed by atoms with van der Waals surface area (Å²) in [6.45, 7) is 0. The van der Waals surface area contributed by atoms with Crippen LogP contribution in [0.5, 0.6) is 0 Å². The lowest BCUT2D eigenvalue weighted by Crippen LogP contribution is -2.31. The molecule has 2 rings (SSSR count). The number of nitro groups is 3. The molecule has 0 N–H and O–H groups in total. The molecule has 1 atom stereocenters. The first kappa shape index (κ1) is 12.1. The monoisotopic (exact) mass is 271 g/mol. The van der Waals surface area contributed by atoms with Gasteiger partial charge in [-0.3, -0.25) is 10.1 Å². The van der Waals surface area contributed by atoms with Crippen LogP contribution in [-0.2, 0) is 5.66 Å². The molecule has 1 aliphatic rings. The number of rotatable bonds is 4. The summed E-state index contributed by atoms with van der Waals surface area (Å²) in [6.07, 6.45) is 0.416. The third-order valence-electron chi connectivity index (χ3n) is 2.09. The molecule has 14 nitrogen and oxygen atoms in total.